The summed E-state index contributed by atoms with van der Waals surface area (Å²) in [7, 11) is 0. The van der Waals surface area contributed by atoms with Gasteiger partial charge in [0.2, 0.25) is 0 Å². The Morgan fingerprint density at radius 1 is 1.21 bits per heavy atom. The van der Waals surface area contributed by atoms with E-state index in [1.165, 1.54) is 0 Å². The Morgan fingerprint density at radius 2 is 1.84 bits per heavy atom. The van der Waals surface area contributed by atoms with Crippen LogP contribution in [0.1, 0.15) is 26.3 Å². The number of benzene rings is 1. The molecule has 1 aromatic rings. The summed E-state index contributed by atoms with van der Waals surface area (Å²) in [5, 5.41) is -0.433. The van der Waals surface area contributed by atoms with Crippen molar-refractivity contribution in [3.05, 3.63) is 35.9 Å². The fraction of sp³-hybridized carbons (Fsp3) is 0.533. The molecule has 0 bridgehead atoms. The Kier molecular flexibility index (Phi) is 6.38. The van der Waals surface area contributed by atoms with E-state index in [1.54, 1.807) is 0 Å². The Labute approximate surface area is 120 Å². The average molecular weight is 282 g/mol. The van der Waals surface area contributed by atoms with E-state index >= 15 is 0 Å². The molecule has 0 aromatic heterocycles. The topological polar surface area (TPSA) is 35.5 Å². The summed E-state index contributed by atoms with van der Waals surface area (Å²) in [6, 6.07) is 9.77. The van der Waals surface area contributed by atoms with Crippen molar-refractivity contribution in [2.45, 2.75) is 38.0 Å². The molecule has 0 aliphatic carbocycles. The molecule has 0 heterocycles. The van der Waals surface area contributed by atoms with Crippen molar-refractivity contribution in [2.75, 3.05) is 13.2 Å². The van der Waals surface area contributed by atoms with Gasteiger partial charge in [0.1, 0.15) is 11.9 Å². The van der Waals surface area contributed by atoms with Crippen LogP contribution in [-0.2, 0) is 20.7 Å². The van der Waals surface area contributed by atoms with Crippen molar-refractivity contribution >= 4 is 18.6 Å². The Hall–Kier alpha value is -1.00. The van der Waals surface area contributed by atoms with Gasteiger partial charge in [0.25, 0.3) is 0 Å². The second-order valence-electron chi connectivity index (χ2n) is 5.33. The van der Waals surface area contributed by atoms with Gasteiger partial charge in [-0.05, 0) is 32.8 Å². The van der Waals surface area contributed by atoms with Crippen molar-refractivity contribution in [3.8, 4) is 0 Å². The van der Waals surface area contributed by atoms with Crippen molar-refractivity contribution in [1.29, 1.82) is 0 Å². The third-order valence-electron chi connectivity index (χ3n) is 2.41. The molecule has 1 atom stereocenters. The highest BCUT2D eigenvalue weighted by molar-refractivity contribution is 7.81. The lowest BCUT2D eigenvalue weighted by molar-refractivity contribution is -0.146. The first-order valence-corrected chi connectivity index (χ1v) is 6.93. The highest BCUT2D eigenvalue weighted by Gasteiger charge is 2.16. The van der Waals surface area contributed by atoms with Gasteiger partial charge in [-0.2, -0.15) is 12.6 Å². The third-order valence-corrected chi connectivity index (χ3v) is 2.80. The van der Waals surface area contributed by atoms with Crippen LogP contribution >= 0.6 is 12.6 Å². The number of ether oxygens (including phenoxy) is 2. The molecular weight excluding hydrogens is 260 g/mol. The summed E-state index contributed by atoms with van der Waals surface area (Å²) in [6.45, 7) is 6.56. The van der Waals surface area contributed by atoms with Crippen LogP contribution in [0.25, 0.3) is 0 Å². The first-order chi connectivity index (χ1) is 8.88. The van der Waals surface area contributed by atoms with E-state index in [0.717, 1.165) is 5.56 Å². The summed E-state index contributed by atoms with van der Waals surface area (Å²) in [4.78, 5) is 11.7. The molecule has 19 heavy (non-hydrogen) atoms. The Balaban J connectivity index is 2.26. The number of esters is 1. The third kappa shape index (κ3) is 7.23. The fourth-order valence-electron chi connectivity index (χ4n) is 1.51. The second-order valence-corrected chi connectivity index (χ2v) is 5.96. The van der Waals surface area contributed by atoms with E-state index in [-0.39, 0.29) is 18.2 Å². The zero-order chi connectivity index (χ0) is 14.3. The number of carbonyl (C=O) groups is 1. The number of rotatable bonds is 6. The quantitative estimate of drug-likeness (QED) is 0.495. The van der Waals surface area contributed by atoms with Crippen molar-refractivity contribution in [1.82, 2.24) is 0 Å². The van der Waals surface area contributed by atoms with E-state index in [2.05, 4.69) is 12.6 Å². The molecule has 4 heteroatoms. The van der Waals surface area contributed by atoms with Gasteiger partial charge in [0.05, 0.1) is 12.2 Å². The fourth-order valence-corrected chi connectivity index (χ4v) is 1.79. The van der Waals surface area contributed by atoms with Crippen LogP contribution in [-0.4, -0.2) is 30.0 Å². The molecule has 0 N–H and O–H groups in total. The van der Waals surface area contributed by atoms with Crippen LogP contribution in [0.2, 0.25) is 0 Å². The zero-order valence-corrected chi connectivity index (χ0v) is 12.7. The van der Waals surface area contributed by atoms with Gasteiger partial charge < -0.3 is 9.47 Å². The minimum Gasteiger partial charge on any atom is -0.462 e. The van der Waals surface area contributed by atoms with Crippen molar-refractivity contribution in [2.24, 2.45) is 0 Å². The number of carbonyl (C=O) groups excluding carboxylic acids is 1. The van der Waals surface area contributed by atoms with E-state index in [1.807, 2.05) is 51.1 Å². The maximum absolute atomic E-state index is 11.7. The normalized spacial score (nSPS) is 13.1. The summed E-state index contributed by atoms with van der Waals surface area (Å²) >= 11 is 4.28. The van der Waals surface area contributed by atoms with Gasteiger partial charge in [-0.3, -0.25) is 4.79 Å². The standard InChI is InChI=1S/C15H22O3S/c1-15(2,3)18-10-9-17-14(16)13(19)11-12-7-5-4-6-8-12/h4-8,13,19H,9-11H2,1-3H3. The van der Waals surface area contributed by atoms with Crippen molar-refractivity contribution in [3.63, 3.8) is 0 Å². The van der Waals surface area contributed by atoms with Gasteiger partial charge in [-0.1, -0.05) is 30.3 Å². The maximum Gasteiger partial charge on any atom is 0.319 e. The zero-order valence-electron chi connectivity index (χ0n) is 11.8. The summed E-state index contributed by atoms with van der Waals surface area (Å²) < 4.78 is 10.6. The van der Waals surface area contributed by atoms with Gasteiger partial charge in [-0.25, -0.2) is 0 Å². The monoisotopic (exact) mass is 282 g/mol. The SMILES string of the molecule is CC(C)(C)OCCOC(=O)C(S)Cc1ccccc1. The molecule has 106 valence electrons. The predicted octanol–water partition coefficient (Wildman–Crippen LogP) is 2.89. The van der Waals surface area contributed by atoms with Crippen LogP contribution in [0.3, 0.4) is 0 Å². The molecule has 0 radical (unpaired) electrons. The first kappa shape index (κ1) is 16.1. The van der Waals surface area contributed by atoms with E-state index in [9.17, 15) is 4.79 Å². The minimum atomic E-state index is -0.433. The Morgan fingerprint density at radius 3 is 2.42 bits per heavy atom. The Bertz CT molecular complexity index is 384. The molecule has 0 amide bonds. The molecule has 0 aliphatic heterocycles. The van der Waals surface area contributed by atoms with E-state index in [4.69, 9.17) is 9.47 Å². The molecule has 1 aromatic carbocycles. The lowest BCUT2D eigenvalue weighted by Crippen LogP contribution is -2.25. The van der Waals surface area contributed by atoms with Crippen LogP contribution in [0.5, 0.6) is 0 Å². The lowest BCUT2D eigenvalue weighted by atomic mass is 10.1. The molecule has 1 rings (SSSR count). The predicted molar refractivity (Wildman–Crippen MR) is 79.6 cm³/mol. The van der Waals surface area contributed by atoms with Crippen LogP contribution in [0, 0.1) is 0 Å². The van der Waals surface area contributed by atoms with Crippen LogP contribution in [0.15, 0.2) is 30.3 Å². The lowest BCUT2D eigenvalue weighted by Gasteiger charge is -2.19. The smallest absolute Gasteiger partial charge is 0.319 e. The maximum atomic E-state index is 11.7. The summed E-state index contributed by atoms with van der Waals surface area (Å²) in [5.74, 6) is -0.301. The number of hydrogen-bond donors (Lipinski definition) is 1. The number of hydrogen-bond acceptors (Lipinski definition) is 4. The first-order valence-electron chi connectivity index (χ1n) is 6.41. The summed E-state index contributed by atoms with van der Waals surface area (Å²) in [6.07, 6.45) is 0.572. The summed E-state index contributed by atoms with van der Waals surface area (Å²) in [5.41, 5.74) is 0.863. The van der Waals surface area contributed by atoms with Crippen molar-refractivity contribution < 1.29 is 14.3 Å². The molecule has 0 saturated carbocycles. The highest BCUT2D eigenvalue weighted by Crippen LogP contribution is 2.10. The minimum absolute atomic E-state index is 0.211. The second kappa shape index (κ2) is 7.56. The molecular formula is C15H22O3S. The molecule has 0 spiro atoms. The average Bonchev–Trinajstić information content (AvgIpc) is 2.34. The van der Waals surface area contributed by atoms with E-state index in [0.29, 0.717) is 13.0 Å². The molecule has 3 nitrogen and oxygen atoms in total. The molecule has 0 saturated heterocycles. The number of thiol groups is 1. The van der Waals surface area contributed by atoms with Crippen LogP contribution in [0.4, 0.5) is 0 Å². The highest BCUT2D eigenvalue weighted by atomic mass is 32.1. The molecule has 0 aliphatic rings. The van der Waals surface area contributed by atoms with Gasteiger partial charge in [0, 0.05) is 0 Å². The largest absolute Gasteiger partial charge is 0.462 e. The van der Waals surface area contributed by atoms with Gasteiger partial charge in [0.15, 0.2) is 0 Å². The van der Waals surface area contributed by atoms with E-state index < -0.39 is 5.25 Å². The van der Waals surface area contributed by atoms with Crippen LogP contribution < -0.4 is 0 Å². The van der Waals surface area contributed by atoms with Gasteiger partial charge in [-0.15, -0.1) is 0 Å². The molecule has 0 fully saturated rings. The van der Waals surface area contributed by atoms with Gasteiger partial charge >= 0.3 is 5.97 Å². The molecule has 1 unspecified atom stereocenters.